The molecule has 0 saturated carbocycles. The van der Waals surface area contributed by atoms with Crippen LogP contribution in [0.1, 0.15) is 12.7 Å². The molecule has 0 saturated heterocycles. The molecule has 0 bridgehead atoms. The van der Waals surface area contributed by atoms with Crippen molar-refractivity contribution in [2.24, 2.45) is 0 Å². The smallest absolute Gasteiger partial charge is 0.250 e. The Balaban J connectivity index is 0.000000640. The fourth-order valence-electron chi connectivity index (χ4n) is 0.785. The van der Waals surface area contributed by atoms with E-state index in [4.69, 9.17) is 0 Å². The van der Waals surface area contributed by atoms with Crippen molar-refractivity contribution in [3.8, 4) is 0 Å². The average molecular weight is 191 g/mol. The van der Waals surface area contributed by atoms with Gasteiger partial charge in [0.2, 0.25) is 0 Å². The Bertz CT molecular complexity index is 171. The average Bonchev–Trinajstić information content (AvgIpc) is 2.14. The van der Waals surface area contributed by atoms with Crippen molar-refractivity contribution >= 4 is 0 Å². The van der Waals surface area contributed by atoms with Crippen LogP contribution in [0.2, 0.25) is 0 Å². The molecule has 0 aromatic carbocycles. The van der Waals surface area contributed by atoms with Gasteiger partial charge in [0.25, 0.3) is 5.82 Å². The van der Waals surface area contributed by atoms with Crippen molar-refractivity contribution in [3.05, 3.63) is 18.2 Å². The number of halogens is 1. The number of aromatic amines is 1. The first kappa shape index (κ1) is 8.69. The van der Waals surface area contributed by atoms with Crippen LogP contribution in [0, 0.1) is 6.92 Å². The largest absolute Gasteiger partial charge is 1.00 e. The lowest BCUT2D eigenvalue weighted by molar-refractivity contribution is -0.698. The molecule has 0 unspecified atom stereocenters. The molecule has 0 aliphatic carbocycles. The van der Waals surface area contributed by atoms with Crippen LogP contribution >= 0.6 is 0 Å². The van der Waals surface area contributed by atoms with Gasteiger partial charge >= 0.3 is 0 Å². The molecule has 1 rings (SSSR count). The summed E-state index contributed by atoms with van der Waals surface area (Å²) < 4.78 is 2.15. The van der Waals surface area contributed by atoms with Crippen molar-refractivity contribution in [3.63, 3.8) is 0 Å². The predicted molar refractivity (Wildman–Crippen MR) is 31.4 cm³/mol. The van der Waals surface area contributed by atoms with Crippen molar-refractivity contribution in [1.82, 2.24) is 4.98 Å². The Labute approximate surface area is 65.7 Å². The molecule has 1 heterocycles. The SMILES string of the molecule is CC[n+]1cc[nH]c1C.[Br-]. The Hall–Kier alpha value is -0.310. The maximum atomic E-state index is 3.08. The number of H-pyrrole nitrogens is 1. The molecule has 9 heavy (non-hydrogen) atoms. The molecule has 2 nitrogen and oxygen atoms in total. The Morgan fingerprint density at radius 1 is 1.67 bits per heavy atom. The normalized spacial score (nSPS) is 8.67. The van der Waals surface area contributed by atoms with Crippen LogP contribution in [0.15, 0.2) is 12.4 Å². The molecule has 3 heteroatoms. The summed E-state index contributed by atoms with van der Waals surface area (Å²) in [4.78, 5) is 3.08. The van der Waals surface area contributed by atoms with Crippen molar-refractivity contribution in [2.45, 2.75) is 20.4 Å². The minimum absolute atomic E-state index is 0. The van der Waals surface area contributed by atoms with E-state index in [2.05, 4.69) is 23.4 Å². The standard InChI is InChI=1S/C6H10N2.BrH/c1-3-8-5-4-7-6(8)2;/h4-5H,3H2,1-2H3;1H. The summed E-state index contributed by atoms with van der Waals surface area (Å²) in [6, 6.07) is 0. The lowest BCUT2D eigenvalue weighted by Gasteiger charge is -1.86. The summed E-state index contributed by atoms with van der Waals surface area (Å²) in [5.74, 6) is 1.22. The topological polar surface area (TPSA) is 19.7 Å². The second-order valence-electron chi connectivity index (χ2n) is 1.83. The summed E-state index contributed by atoms with van der Waals surface area (Å²) in [5.41, 5.74) is 0. The molecule has 0 atom stereocenters. The number of hydrogen-bond donors (Lipinski definition) is 1. The summed E-state index contributed by atoms with van der Waals surface area (Å²) in [6.07, 6.45) is 3.98. The summed E-state index contributed by atoms with van der Waals surface area (Å²) in [6.45, 7) is 5.24. The maximum Gasteiger partial charge on any atom is 0.250 e. The number of hydrogen-bond acceptors (Lipinski definition) is 0. The lowest BCUT2D eigenvalue weighted by Crippen LogP contribution is -3.00. The van der Waals surface area contributed by atoms with E-state index in [1.165, 1.54) is 5.82 Å². The van der Waals surface area contributed by atoms with Gasteiger partial charge in [0.05, 0.1) is 6.54 Å². The molecule has 52 valence electrons. The molecule has 0 spiro atoms. The monoisotopic (exact) mass is 190 g/mol. The number of nitrogens with one attached hydrogen (secondary N) is 1. The molecule has 1 aromatic rings. The highest BCUT2D eigenvalue weighted by molar-refractivity contribution is 4.70. The van der Waals surface area contributed by atoms with Gasteiger partial charge in [-0.3, -0.25) is 0 Å². The van der Waals surface area contributed by atoms with Gasteiger partial charge < -0.3 is 17.0 Å². The fraction of sp³-hybridized carbons (Fsp3) is 0.500. The van der Waals surface area contributed by atoms with E-state index in [0.29, 0.717) is 0 Å². The zero-order chi connectivity index (χ0) is 5.98. The molecule has 0 aliphatic heterocycles. The van der Waals surface area contributed by atoms with E-state index in [1.807, 2.05) is 12.4 Å². The van der Waals surface area contributed by atoms with Crippen LogP contribution in [0.5, 0.6) is 0 Å². The minimum atomic E-state index is 0. The number of rotatable bonds is 1. The quantitative estimate of drug-likeness (QED) is 0.479. The van der Waals surface area contributed by atoms with Crippen LogP contribution < -0.4 is 21.5 Å². The number of aryl methyl sites for hydroxylation is 2. The van der Waals surface area contributed by atoms with Gasteiger partial charge in [-0.2, -0.15) is 0 Å². The van der Waals surface area contributed by atoms with Gasteiger partial charge in [-0.05, 0) is 6.92 Å². The van der Waals surface area contributed by atoms with Crippen LogP contribution in [0.4, 0.5) is 0 Å². The first-order valence-corrected chi connectivity index (χ1v) is 2.88. The van der Waals surface area contributed by atoms with Gasteiger partial charge in [0, 0.05) is 6.92 Å². The second kappa shape index (κ2) is 3.67. The van der Waals surface area contributed by atoms with Crippen molar-refractivity contribution < 1.29 is 21.5 Å². The summed E-state index contributed by atoms with van der Waals surface area (Å²) in [7, 11) is 0. The Morgan fingerprint density at radius 2 is 2.33 bits per heavy atom. The Morgan fingerprint density at radius 3 is 2.56 bits per heavy atom. The number of aromatic nitrogens is 2. The first-order chi connectivity index (χ1) is 3.84. The highest BCUT2D eigenvalue weighted by atomic mass is 79.9. The highest BCUT2D eigenvalue weighted by Crippen LogP contribution is 1.78. The number of imidazole rings is 1. The Kier molecular flexibility index (Phi) is 3.54. The van der Waals surface area contributed by atoms with Crippen LogP contribution in [-0.4, -0.2) is 4.98 Å². The molecular formula is C6H11BrN2. The highest BCUT2D eigenvalue weighted by Gasteiger charge is 1.97. The van der Waals surface area contributed by atoms with Crippen LogP contribution in [-0.2, 0) is 6.54 Å². The van der Waals surface area contributed by atoms with E-state index in [-0.39, 0.29) is 17.0 Å². The third-order valence-electron chi connectivity index (χ3n) is 1.32. The molecule has 0 radical (unpaired) electrons. The first-order valence-electron chi connectivity index (χ1n) is 2.88. The summed E-state index contributed by atoms with van der Waals surface area (Å²) in [5, 5.41) is 0. The third-order valence-corrected chi connectivity index (χ3v) is 1.32. The van der Waals surface area contributed by atoms with Gasteiger partial charge in [-0.1, -0.05) is 0 Å². The van der Waals surface area contributed by atoms with Crippen molar-refractivity contribution in [2.75, 3.05) is 0 Å². The second-order valence-corrected chi connectivity index (χ2v) is 1.83. The lowest BCUT2D eigenvalue weighted by atomic mass is 10.6. The van der Waals surface area contributed by atoms with Gasteiger partial charge in [-0.25, -0.2) is 9.55 Å². The van der Waals surface area contributed by atoms with E-state index in [0.717, 1.165) is 6.54 Å². The number of nitrogens with zero attached hydrogens (tertiary/aromatic N) is 1. The molecule has 1 N–H and O–H groups in total. The molecule has 0 aliphatic rings. The summed E-state index contributed by atoms with van der Waals surface area (Å²) >= 11 is 0. The van der Waals surface area contributed by atoms with Gasteiger partial charge in [0.15, 0.2) is 0 Å². The zero-order valence-corrected chi connectivity index (χ0v) is 7.27. The maximum absolute atomic E-state index is 3.08. The fourth-order valence-corrected chi connectivity index (χ4v) is 0.785. The minimum Gasteiger partial charge on any atom is -1.00 e. The van der Waals surface area contributed by atoms with Gasteiger partial charge in [0.1, 0.15) is 12.4 Å². The molecule has 1 aromatic heterocycles. The zero-order valence-electron chi connectivity index (χ0n) is 5.69. The van der Waals surface area contributed by atoms with E-state index in [9.17, 15) is 0 Å². The van der Waals surface area contributed by atoms with E-state index >= 15 is 0 Å². The van der Waals surface area contributed by atoms with E-state index < -0.39 is 0 Å². The van der Waals surface area contributed by atoms with Crippen LogP contribution in [0.25, 0.3) is 0 Å². The molecule has 0 amide bonds. The predicted octanol–water partition coefficient (Wildman–Crippen LogP) is -2.37. The van der Waals surface area contributed by atoms with Gasteiger partial charge in [-0.15, -0.1) is 0 Å². The molecule has 0 fully saturated rings. The third kappa shape index (κ3) is 1.82. The van der Waals surface area contributed by atoms with Crippen LogP contribution in [0.3, 0.4) is 0 Å². The van der Waals surface area contributed by atoms with E-state index in [1.54, 1.807) is 0 Å². The molecular weight excluding hydrogens is 180 g/mol. The van der Waals surface area contributed by atoms with Crippen molar-refractivity contribution in [1.29, 1.82) is 0 Å².